The number of carbonyl (C=O) groups is 1. The lowest BCUT2D eigenvalue weighted by atomic mass is 9.98. The van der Waals surface area contributed by atoms with Gasteiger partial charge in [0.05, 0.1) is 40.1 Å². The van der Waals surface area contributed by atoms with Crippen LogP contribution in [0.5, 0.6) is 23.0 Å². The molecular formula is C36H48O19. The van der Waals surface area contributed by atoms with Gasteiger partial charge in [0, 0.05) is 6.08 Å². The van der Waals surface area contributed by atoms with Crippen LogP contribution in [0.4, 0.5) is 0 Å². The zero-order valence-electron chi connectivity index (χ0n) is 30.1. The van der Waals surface area contributed by atoms with Gasteiger partial charge >= 0.3 is 5.97 Å². The molecule has 306 valence electrons. The van der Waals surface area contributed by atoms with E-state index in [2.05, 4.69) is 0 Å². The Bertz CT molecular complexity index is 1590. The van der Waals surface area contributed by atoms with Crippen LogP contribution in [0.15, 0.2) is 42.5 Å². The summed E-state index contributed by atoms with van der Waals surface area (Å²) < 4.78 is 49.5. The van der Waals surface area contributed by atoms with Crippen molar-refractivity contribution in [3.05, 3.63) is 53.6 Å². The van der Waals surface area contributed by atoms with E-state index in [0.717, 1.165) is 6.08 Å². The molecule has 3 fully saturated rings. The lowest BCUT2D eigenvalue weighted by Gasteiger charge is -2.44. The Labute approximate surface area is 315 Å². The number of phenols is 2. The number of aromatic hydroxyl groups is 2. The summed E-state index contributed by atoms with van der Waals surface area (Å²) in [7, 11) is 2.77. The number of methoxy groups -OCH3 is 2. The van der Waals surface area contributed by atoms with Crippen molar-refractivity contribution in [3.8, 4) is 23.0 Å². The van der Waals surface area contributed by atoms with Crippen LogP contribution in [0.3, 0.4) is 0 Å². The molecule has 14 atom stereocenters. The van der Waals surface area contributed by atoms with E-state index in [0.29, 0.717) is 11.1 Å². The van der Waals surface area contributed by atoms with Crippen LogP contribution in [-0.2, 0) is 44.4 Å². The number of aliphatic hydroxyl groups is 7. The molecule has 9 N–H and O–H groups in total. The number of hydrogen-bond donors (Lipinski definition) is 9. The van der Waals surface area contributed by atoms with E-state index in [4.69, 9.17) is 42.6 Å². The van der Waals surface area contributed by atoms with Gasteiger partial charge in [0.1, 0.15) is 54.9 Å². The van der Waals surface area contributed by atoms with Crippen molar-refractivity contribution in [1.82, 2.24) is 0 Å². The minimum atomic E-state index is -1.73. The van der Waals surface area contributed by atoms with Crippen molar-refractivity contribution in [2.45, 2.75) is 99.4 Å². The molecule has 0 aliphatic carbocycles. The Kier molecular flexibility index (Phi) is 14.7. The van der Waals surface area contributed by atoms with Crippen molar-refractivity contribution in [3.63, 3.8) is 0 Å². The Balaban J connectivity index is 1.27. The second-order valence-corrected chi connectivity index (χ2v) is 13.2. The van der Waals surface area contributed by atoms with Gasteiger partial charge in [-0.3, -0.25) is 0 Å². The lowest BCUT2D eigenvalue weighted by Crippen LogP contribution is -2.63. The molecule has 0 bridgehead atoms. The molecule has 0 spiro atoms. The Morgan fingerprint density at radius 3 is 2.20 bits per heavy atom. The summed E-state index contributed by atoms with van der Waals surface area (Å²) in [6.07, 6.45) is -18.8. The molecule has 2 aromatic rings. The monoisotopic (exact) mass is 784 g/mol. The number of benzene rings is 2. The smallest absolute Gasteiger partial charge is 0.331 e. The number of hydrogen-bond acceptors (Lipinski definition) is 19. The zero-order valence-corrected chi connectivity index (χ0v) is 30.1. The maximum Gasteiger partial charge on any atom is 0.331 e. The van der Waals surface area contributed by atoms with Gasteiger partial charge in [-0.05, 0) is 54.8 Å². The molecule has 0 saturated carbocycles. The summed E-state index contributed by atoms with van der Waals surface area (Å²) in [6, 6.07) is 9.06. The lowest BCUT2D eigenvalue weighted by molar-refractivity contribution is -0.351. The third kappa shape index (κ3) is 10.2. The molecule has 0 amide bonds. The summed E-state index contributed by atoms with van der Waals surface area (Å²) in [4.78, 5) is 12.9. The molecule has 14 unspecified atom stereocenters. The average Bonchev–Trinajstić information content (AvgIpc) is 3.16. The number of phenolic OH excluding ortho intramolecular Hbond substituents is 2. The molecule has 2 aromatic carbocycles. The highest BCUT2D eigenvalue weighted by Crippen LogP contribution is 2.31. The number of carbonyl (C=O) groups excluding carboxylic acids is 1. The van der Waals surface area contributed by atoms with Crippen LogP contribution in [0.2, 0.25) is 0 Å². The fourth-order valence-electron chi connectivity index (χ4n) is 6.19. The van der Waals surface area contributed by atoms with Gasteiger partial charge in [-0.2, -0.15) is 0 Å². The first-order valence-electron chi connectivity index (χ1n) is 17.4. The molecule has 5 rings (SSSR count). The molecule has 3 heterocycles. The quantitative estimate of drug-likeness (QED) is 0.0744. The van der Waals surface area contributed by atoms with Crippen molar-refractivity contribution < 1.29 is 93.4 Å². The Morgan fingerprint density at radius 1 is 0.764 bits per heavy atom. The third-order valence-corrected chi connectivity index (χ3v) is 9.38. The predicted octanol–water partition coefficient (Wildman–Crippen LogP) is -1.95. The van der Waals surface area contributed by atoms with Crippen LogP contribution in [0.25, 0.3) is 6.08 Å². The number of esters is 1. The van der Waals surface area contributed by atoms with Gasteiger partial charge in [-0.25, -0.2) is 4.79 Å². The molecule has 0 radical (unpaired) electrons. The van der Waals surface area contributed by atoms with Crippen LogP contribution >= 0.6 is 0 Å². The van der Waals surface area contributed by atoms with Gasteiger partial charge < -0.3 is 88.6 Å². The highest BCUT2D eigenvalue weighted by atomic mass is 16.7. The summed E-state index contributed by atoms with van der Waals surface area (Å²) in [6.45, 7) is 0.391. The largest absolute Gasteiger partial charge is 0.504 e. The van der Waals surface area contributed by atoms with Gasteiger partial charge in [0.25, 0.3) is 0 Å². The van der Waals surface area contributed by atoms with Crippen molar-refractivity contribution >= 4 is 12.0 Å². The fourth-order valence-corrected chi connectivity index (χ4v) is 6.19. The number of aliphatic hydroxyl groups excluding tert-OH is 7. The first-order valence-corrected chi connectivity index (χ1v) is 17.4. The van der Waals surface area contributed by atoms with Crippen molar-refractivity contribution in [1.29, 1.82) is 0 Å². The van der Waals surface area contributed by atoms with Gasteiger partial charge in [0.2, 0.25) is 0 Å². The second kappa shape index (κ2) is 19.0. The molecule has 0 aromatic heterocycles. The van der Waals surface area contributed by atoms with Crippen molar-refractivity contribution in [2.24, 2.45) is 0 Å². The van der Waals surface area contributed by atoms with Crippen LogP contribution in [-0.4, -0.2) is 172 Å². The highest BCUT2D eigenvalue weighted by molar-refractivity contribution is 5.87. The maximum atomic E-state index is 12.9. The van der Waals surface area contributed by atoms with E-state index in [1.807, 2.05) is 0 Å². The second-order valence-electron chi connectivity index (χ2n) is 13.2. The van der Waals surface area contributed by atoms with Gasteiger partial charge in [0.15, 0.2) is 48.0 Å². The molecule has 19 nitrogen and oxygen atoms in total. The first-order chi connectivity index (χ1) is 26.2. The van der Waals surface area contributed by atoms with Gasteiger partial charge in [-0.1, -0.05) is 12.1 Å². The van der Waals surface area contributed by atoms with E-state index in [1.165, 1.54) is 51.5 Å². The predicted molar refractivity (Wildman–Crippen MR) is 183 cm³/mol. The SMILES string of the molecule is COc1ccc(CCOC2OC(COC3OCC(O)C(OC4OC(C)C(O)C(O)C4O)C3O)C(O)C(OC(=O)C=Cc3ccc(O)c(OC)c3)C2O)cc1O. The normalized spacial score (nSPS) is 35.4. The minimum Gasteiger partial charge on any atom is -0.504 e. The molecule has 19 heteroatoms. The fraction of sp³-hybridized carbons (Fsp3) is 0.583. The van der Waals surface area contributed by atoms with E-state index >= 15 is 0 Å². The summed E-state index contributed by atoms with van der Waals surface area (Å²) in [5.74, 6) is -0.755. The summed E-state index contributed by atoms with van der Waals surface area (Å²) >= 11 is 0. The van der Waals surface area contributed by atoms with Crippen LogP contribution in [0.1, 0.15) is 18.1 Å². The Hall–Kier alpha value is -3.67. The summed E-state index contributed by atoms with van der Waals surface area (Å²) in [5.41, 5.74) is 1.11. The zero-order chi connectivity index (χ0) is 40.0. The molecule has 3 aliphatic rings. The standard InChI is InChI=1S/C36H48O19/c1-16-26(41)28(43)29(44)36(52-16)55-32-21(39)14-50-34(30(32)45)51-15-24-27(42)33(54-25(40)9-6-17-4-7-19(37)23(13-17)48-3)31(46)35(53-24)49-11-10-18-5-8-22(47-2)20(38)12-18/h4-9,12-13,16,21,24,26-39,41-46H,10-11,14-15H2,1-3H3. The number of rotatable bonds is 14. The minimum absolute atomic E-state index is 0.0682. The average molecular weight is 785 g/mol. The topological polar surface area (TPSA) is 282 Å². The molecule has 3 saturated heterocycles. The first kappa shape index (κ1) is 42.5. The van der Waals surface area contributed by atoms with Crippen molar-refractivity contribution in [2.75, 3.05) is 34.0 Å². The molecule has 3 aliphatic heterocycles. The van der Waals surface area contributed by atoms with Gasteiger partial charge in [-0.15, -0.1) is 0 Å². The van der Waals surface area contributed by atoms with E-state index < -0.39 is 105 Å². The summed E-state index contributed by atoms with van der Waals surface area (Å²) in [5, 5.41) is 94.6. The third-order valence-electron chi connectivity index (χ3n) is 9.38. The molecule has 55 heavy (non-hydrogen) atoms. The highest BCUT2D eigenvalue weighted by Gasteiger charge is 2.50. The van der Waals surface area contributed by atoms with E-state index in [-0.39, 0.29) is 36.0 Å². The number of ether oxygens (including phenoxy) is 9. The van der Waals surface area contributed by atoms with Crippen LogP contribution in [0, 0.1) is 0 Å². The molecular weight excluding hydrogens is 736 g/mol. The maximum absolute atomic E-state index is 12.9. The van der Waals surface area contributed by atoms with E-state index in [1.54, 1.807) is 12.1 Å². The van der Waals surface area contributed by atoms with E-state index in [9.17, 15) is 50.8 Å². The Morgan fingerprint density at radius 2 is 1.49 bits per heavy atom. The van der Waals surface area contributed by atoms with Crippen LogP contribution < -0.4 is 9.47 Å².